The molecule has 62 valence electrons. The van der Waals surface area contributed by atoms with Crippen LogP contribution in [0.1, 0.15) is 5.56 Å². The van der Waals surface area contributed by atoms with Crippen molar-refractivity contribution in [2.24, 2.45) is 5.73 Å². The van der Waals surface area contributed by atoms with Crippen molar-refractivity contribution in [2.45, 2.75) is 0 Å². The first-order valence-electron chi connectivity index (χ1n) is 3.46. The molecule has 0 aliphatic carbocycles. The molecule has 3 heteroatoms. The third kappa shape index (κ3) is 2.10. The monoisotopic (exact) mass is 180 g/mol. The number of nitrogens with two attached hydrogens (primary N) is 1. The maximum Gasteiger partial charge on any atom is 0.0412 e. The molecule has 12 heavy (non-hydrogen) atoms. The van der Waals surface area contributed by atoms with E-state index < -0.39 is 0 Å². The Kier molecular flexibility index (Phi) is 2.88. The summed E-state index contributed by atoms with van der Waals surface area (Å²) in [7, 11) is 0. The largest absolute Gasteiger partial charge is 0.398 e. The first-order valence-corrected chi connectivity index (χ1v) is 3.84. The smallest absolute Gasteiger partial charge is 0.0412 e. The van der Waals surface area contributed by atoms with E-state index in [-0.39, 0.29) is 0 Å². The van der Waals surface area contributed by atoms with Gasteiger partial charge in [0.15, 0.2) is 0 Å². The molecule has 0 atom stereocenters. The van der Waals surface area contributed by atoms with Crippen molar-refractivity contribution in [1.29, 1.82) is 5.41 Å². The Balaban J connectivity index is 3.03. The van der Waals surface area contributed by atoms with Gasteiger partial charge in [0.05, 0.1) is 0 Å². The molecule has 0 radical (unpaired) electrons. The van der Waals surface area contributed by atoms with E-state index >= 15 is 0 Å². The van der Waals surface area contributed by atoms with Crippen molar-refractivity contribution in [3.63, 3.8) is 0 Å². The quantitative estimate of drug-likeness (QED) is 0.675. The molecule has 0 aliphatic rings. The molecular weight excluding hydrogens is 172 g/mol. The van der Waals surface area contributed by atoms with Crippen molar-refractivity contribution in [1.82, 2.24) is 0 Å². The van der Waals surface area contributed by atoms with Crippen LogP contribution in [0.3, 0.4) is 0 Å². The van der Waals surface area contributed by atoms with Gasteiger partial charge in [-0.15, -0.1) is 0 Å². The average Bonchev–Trinajstić information content (AvgIpc) is 2.05. The summed E-state index contributed by atoms with van der Waals surface area (Å²) in [4.78, 5) is 0. The summed E-state index contributed by atoms with van der Waals surface area (Å²) in [6.07, 6.45) is 2.67. The number of benzene rings is 1. The lowest BCUT2D eigenvalue weighted by atomic mass is 10.1. The molecule has 0 aromatic heterocycles. The first-order chi connectivity index (χ1) is 5.74. The van der Waals surface area contributed by atoms with Crippen LogP contribution in [-0.4, -0.2) is 6.21 Å². The summed E-state index contributed by atoms with van der Waals surface area (Å²) < 4.78 is 0. The minimum Gasteiger partial charge on any atom is -0.398 e. The Morgan fingerprint density at radius 2 is 2.25 bits per heavy atom. The Hall–Kier alpha value is -1.28. The Morgan fingerprint density at radius 3 is 2.83 bits per heavy atom. The second kappa shape index (κ2) is 3.93. The van der Waals surface area contributed by atoms with Crippen molar-refractivity contribution >= 4 is 23.5 Å². The number of hydrogen-bond donors (Lipinski definition) is 2. The lowest BCUT2D eigenvalue weighted by Crippen LogP contribution is -1.95. The van der Waals surface area contributed by atoms with E-state index in [9.17, 15) is 0 Å². The maximum absolute atomic E-state index is 6.82. The van der Waals surface area contributed by atoms with E-state index in [0.29, 0.717) is 10.7 Å². The van der Waals surface area contributed by atoms with Gasteiger partial charge in [0.25, 0.3) is 0 Å². The highest BCUT2D eigenvalue weighted by molar-refractivity contribution is 6.30. The van der Waals surface area contributed by atoms with Crippen LogP contribution in [0.25, 0.3) is 5.70 Å². The van der Waals surface area contributed by atoms with Gasteiger partial charge in [0, 0.05) is 16.9 Å². The van der Waals surface area contributed by atoms with E-state index in [0.717, 1.165) is 11.8 Å². The van der Waals surface area contributed by atoms with Crippen LogP contribution in [0, 0.1) is 5.41 Å². The minimum absolute atomic E-state index is 0.549. The van der Waals surface area contributed by atoms with Gasteiger partial charge < -0.3 is 11.1 Å². The summed E-state index contributed by atoms with van der Waals surface area (Å²) in [5.74, 6) is 0. The summed E-state index contributed by atoms with van der Waals surface area (Å²) in [6, 6.07) is 7.21. The Bertz CT molecular complexity index is 318. The number of nitrogens with one attached hydrogen (secondary N) is 1. The molecule has 0 fully saturated rings. The van der Waals surface area contributed by atoms with Crippen molar-refractivity contribution in [3.05, 3.63) is 40.9 Å². The lowest BCUT2D eigenvalue weighted by Gasteiger charge is -1.99. The van der Waals surface area contributed by atoms with Crippen molar-refractivity contribution in [3.8, 4) is 0 Å². The second-order valence-electron chi connectivity index (χ2n) is 2.30. The molecule has 2 nitrogen and oxygen atoms in total. The number of hydrogen-bond acceptors (Lipinski definition) is 2. The topological polar surface area (TPSA) is 49.9 Å². The van der Waals surface area contributed by atoms with Gasteiger partial charge >= 0.3 is 0 Å². The van der Waals surface area contributed by atoms with Crippen molar-refractivity contribution in [2.75, 3.05) is 0 Å². The third-order valence-electron chi connectivity index (χ3n) is 1.42. The predicted octanol–water partition coefficient (Wildman–Crippen LogP) is 2.29. The number of halogens is 1. The fraction of sp³-hybridized carbons (Fsp3) is 0. The van der Waals surface area contributed by atoms with E-state index in [2.05, 4.69) is 0 Å². The molecule has 0 amide bonds. The third-order valence-corrected chi connectivity index (χ3v) is 1.66. The SMILES string of the molecule is N=CC=C(N)c1cccc(Cl)c1. The van der Waals surface area contributed by atoms with Crippen LogP contribution in [0.15, 0.2) is 30.3 Å². The summed E-state index contributed by atoms with van der Waals surface area (Å²) in [5.41, 5.74) is 7.01. The normalized spacial score (nSPS) is 11.2. The highest BCUT2D eigenvalue weighted by Crippen LogP contribution is 2.14. The summed E-state index contributed by atoms with van der Waals surface area (Å²) in [5, 5.41) is 7.47. The van der Waals surface area contributed by atoms with Gasteiger partial charge in [-0.25, -0.2) is 0 Å². The Morgan fingerprint density at radius 1 is 1.50 bits per heavy atom. The predicted molar refractivity (Wildman–Crippen MR) is 52.4 cm³/mol. The number of allylic oxidation sites excluding steroid dienone is 1. The number of rotatable bonds is 2. The molecule has 0 spiro atoms. The highest BCUT2D eigenvalue weighted by Gasteiger charge is 1.95. The van der Waals surface area contributed by atoms with E-state index in [1.807, 2.05) is 12.1 Å². The zero-order valence-electron chi connectivity index (χ0n) is 6.42. The molecule has 1 rings (SSSR count). The zero-order valence-corrected chi connectivity index (χ0v) is 7.18. The fourth-order valence-electron chi connectivity index (χ4n) is 0.854. The highest BCUT2D eigenvalue weighted by atomic mass is 35.5. The van der Waals surface area contributed by atoms with Crippen LogP contribution >= 0.6 is 11.6 Å². The summed E-state index contributed by atoms with van der Waals surface area (Å²) in [6.45, 7) is 0. The lowest BCUT2D eigenvalue weighted by molar-refractivity contribution is 1.51. The van der Waals surface area contributed by atoms with Gasteiger partial charge in [0.2, 0.25) is 0 Å². The van der Waals surface area contributed by atoms with Crippen molar-refractivity contribution < 1.29 is 0 Å². The van der Waals surface area contributed by atoms with Crippen LogP contribution in [0.5, 0.6) is 0 Å². The molecule has 0 aliphatic heterocycles. The zero-order chi connectivity index (χ0) is 8.97. The Labute approximate surface area is 76.2 Å². The summed E-state index contributed by atoms with van der Waals surface area (Å²) >= 11 is 5.75. The van der Waals surface area contributed by atoms with Gasteiger partial charge in [-0.3, -0.25) is 0 Å². The fourth-order valence-corrected chi connectivity index (χ4v) is 1.04. The molecular formula is C9H9ClN2. The van der Waals surface area contributed by atoms with E-state index in [1.54, 1.807) is 12.1 Å². The second-order valence-corrected chi connectivity index (χ2v) is 2.74. The molecule has 3 N–H and O–H groups in total. The molecule has 0 heterocycles. The van der Waals surface area contributed by atoms with Crippen LogP contribution in [0.2, 0.25) is 5.02 Å². The maximum atomic E-state index is 6.82. The van der Waals surface area contributed by atoms with Gasteiger partial charge in [-0.05, 0) is 23.8 Å². The molecule has 1 aromatic rings. The molecule has 1 aromatic carbocycles. The first kappa shape index (κ1) is 8.81. The van der Waals surface area contributed by atoms with Crippen LogP contribution < -0.4 is 5.73 Å². The average molecular weight is 181 g/mol. The van der Waals surface area contributed by atoms with E-state index in [4.69, 9.17) is 22.7 Å². The molecule has 0 unspecified atom stereocenters. The van der Waals surface area contributed by atoms with Gasteiger partial charge in [-0.1, -0.05) is 23.7 Å². The molecule has 0 saturated carbocycles. The van der Waals surface area contributed by atoms with Crippen LogP contribution in [-0.2, 0) is 0 Å². The van der Waals surface area contributed by atoms with Gasteiger partial charge in [0.1, 0.15) is 0 Å². The van der Waals surface area contributed by atoms with Gasteiger partial charge in [-0.2, -0.15) is 0 Å². The standard InChI is InChI=1S/C9H9ClN2/c10-8-3-1-2-7(6-8)9(12)4-5-11/h1-6,11H,12H2. The minimum atomic E-state index is 0.549. The van der Waals surface area contributed by atoms with E-state index in [1.165, 1.54) is 6.08 Å². The molecule has 0 saturated heterocycles. The molecule has 0 bridgehead atoms. The van der Waals surface area contributed by atoms with Crippen LogP contribution in [0.4, 0.5) is 0 Å².